The topological polar surface area (TPSA) is 75.7 Å². The van der Waals surface area contributed by atoms with Gasteiger partial charge >= 0.3 is 0 Å². The van der Waals surface area contributed by atoms with E-state index >= 15 is 0 Å². The van der Waals surface area contributed by atoms with E-state index in [1.54, 1.807) is 0 Å². The minimum atomic E-state index is -3.34. The minimum absolute atomic E-state index is 0.0310. The predicted molar refractivity (Wildman–Crippen MR) is 93.2 cm³/mol. The molecule has 6 nitrogen and oxygen atoms in total. The fourth-order valence-electron chi connectivity index (χ4n) is 2.68. The zero-order valence-corrected chi connectivity index (χ0v) is 15.5. The van der Waals surface area contributed by atoms with E-state index < -0.39 is 15.4 Å². The Morgan fingerprint density at radius 1 is 1.25 bits per heavy atom. The lowest BCUT2D eigenvalue weighted by atomic mass is 9.83. The summed E-state index contributed by atoms with van der Waals surface area (Å²) in [4.78, 5) is 12.7. The van der Waals surface area contributed by atoms with Gasteiger partial charge in [-0.25, -0.2) is 12.7 Å². The molecule has 0 radical (unpaired) electrons. The predicted octanol–water partition coefficient (Wildman–Crippen LogP) is 0.987. The summed E-state index contributed by atoms with van der Waals surface area (Å²) < 4.78 is 30.8. The SMILES string of the molecule is CN(C)S(=O)(=O)C[C@@H]1COC[C@@H]1NC(=O)C(C)(C)c1ccccc1. The number of nitrogens with one attached hydrogen (secondary N) is 1. The number of hydrogen-bond donors (Lipinski definition) is 1. The number of carbonyl (C=O) groups is 1. The first kappa shape index (κ1) is 18.9. The van der Waals surface area contributed by atoms with E-state index in [0.29, 0.717) is 13.2 Å². The summed E-state index contributed by atoms with van der Waals surface area (Å²) in [5.74, 6) is -0.402. The van der Waals surface area contributed by atoms with E-state index in [0.717, 1.165) is 5.56 Å². The van der Waals surface area contributed by atoms with Crippen molar-refractivity contribution in [1.29, 1.82) is 0 Å². The van der Waals surface area contributed by atoms with Crippen LogP contribution in [0.25, 0.3) is 0 Å². The normalized spacial score (nSPS) is 21.9. The maximum Gasteiger partial charge on any atom is 0.230 e. The highest BCUT2D eigenvalue weighted by atomic mass is 32.2. The number of amides is 1. The Morgan fingerprint density at radius 2 is 1.88 bits per heavy atom. The zero-order valence-electron chi connectivity index (χ0n) is 14.7. The third-order valence-electron chi connectivity index (χ3n) is 4.56. The van der Waals surface area contributed by atoms with Gasteiger partial charge in [-0.1, -0.05) is 30.3 Å². The highest BCUT2D eigenvalue weighted by molar-refractivity contribution is 7.89. The van der Waals surface area contributed by atoms with Crippen LogP contribution in [0, 0.1) is 5.92 Å². The molecule has 0 bridgehead atoms. The summed E-state index contributed by atoms with van der Waals surface area (Å²) in [7, 11) is -0.314. The van der Waals surface area contributed by atoms with Crippen LogP contribution in [0.15, 0.2) is 30.3 Å². The molecule has 24 heavy (non-hydrogen) atoms. The Labute approximate surface area is 144 Å². The van der Waals surface area contributed by atoms with Gasteiger partial charge in [-0.3, -0.25) is 4.79 Å². The molecule has 1 aromatic rings. The molecule has 1 aliphatic heterocycles. The molecule has 1 saturated heterocycles. The van der Waals surface area contributed by atoms with Gasteiger partial charge in [-0.2, -0.15) is 0 Å². The van der Waals surface area contributed by atoms with E-state index in [2.05, 4.69) is 5.32 Å². The molecule has 0 aliphatic carbocycles. The quantitative estimate of drug-likeness (QED) is 0.826. The average molecular weight is 354 g/mol. The third kappa shape index (κ3) is 4.15. The molecule has 0 aromatic heterocycles. The Bertz CT molecular complexity index is 671. The van der Waals surface area contributed by atoms with Crippen molar-refractivity contribution >= 4 is 15.9 Å². The summed E-state index contributed by atoms with van der Waals surface area (Å²) in [5.41, 5.74) is 0.216. The van der Waals surface area contributed by atoms with E-state index in [1.807, 2.05) is 44.2 Å². The average Bonchev–Trinajstić information content (AvgIpc) is 2.94. The second-order valence-corrected chi connectivity index (χ2v) is 9.16. The molecule has 0 spiro atoms. The standard InChI is InChI=1S/C17H26N2O4S/c1-17(2,14-8-6-5-7-9-14)16(20)18-15-11-23-10-13(15)12-24(21,22)19(3)4/h5-9,13,15H,10-12H2,1-4H3,(H,18,20)/t13-,15-/m0/s1. The van der Waals surface area contributed by atoms with Gasteiger partial charge < -0.3 is 10.1 Å². The van der Waals surface area contributed by atoms with Crippen molar-refractivity contribution in [2.45, 2.75) is 25.3 Å². The minimum Gasteiger partial charge on any atom is -0.379 e. The molecular weight excluding hydrogens is 328 g/mol. The van der Waals surface area contributed by atoms with Gasteiger partial charge in [0.05, 0.1) is 30.4 Å². The second-order valence-electron chi connectivity index (χ2n) is 6.93. The van der Waals surface area contributed by atoms with Crippen LogP contribution in [0.3, 0.4) is 0 Å². The number of hydrogen-bond acceptors (Lipinski definition) is 4. The van der Waals surface area contributed by atoms with Crippen molar-refractivity contribution in [2.24, 2.45) is 5.92 Å². The summed E-state index contributed by atoms with van der Waals surface area (Å²) in [6.45, 7) is 4.39. The maximum atomic E-state index is 12.7. The summed E-state index contributed by atoms with van der Waals surface area (Å²) in [6, 6.07) is 9.24. The number of ether oxygens (including phenoxy) is 1. The summed E-state index contributed by atoms with van der Waals surface area (Å²) in [5, 5.41) is 2.98. The molecule has 1 amide bonds. The smallest absolute Gasteiger partial charge is 0.230 e. The van der Waals surface area contributed by atoms with E-state index in [-0.39, 0.29) is 23.6 Å². The summed E-state index contributed by atoms with van der Waals surface area (Å²) >= 11 is 0. The highest BCUT2D eigenvalue weighted by Gasteiger charge is 2.37. The largest absolute Gasteiger partial charge is 0.379 e. The van der Waals surface area contributed by atoms with Crippen LogP contribution in [-0.2, 0) is 25.0 Å². The van der Waals surface area contributed by atoms with Gasteiger partial charge in [0.25, 0.3) is 0 Å². The van der Waals surface area contributed by atoms with Crippen LogP contribution in [-0.4, -0.2) is 57.7 Å². The first-order valence-electron chi connectivity index (χ1n) is 7.99. The maximum absolute atomic E-state index is 12.7. The van der Waals surface area contributed by atoms with Gasteiger partial charge in [0, 0.05) is 20.0 Å². The molecule has 0 unspecified atom stereocenters. The van der Waals surface area contributed by atoms with Gasteiger partial charge in [0.1, 0.15) is 0 Å². The van der Waals surface area contributed by atoms with Crippen molar-refractivity contribution in [2.75, 3.05) is 33.1 Å². The molecule has 7 heteroatoms. The Balaban J connectivity index is 2.08. The molecular formula is C17H26N2O4S. The van der Waals surface area contributed by atoms with Crippen molar-refractivity contribution in [3.8, 4) is 0 Å². The van der Waals surface area contributed by atoms with Gasteiger partial charge in [-0.05, 0) is 19.4 Å². The molecule has 2 rings (SSSR count). The molecule has 1 aromatic carbocycles. The Kier molecular flexibility index (Phi) is 5.67. The molecule has 2 atom stereocenters. The van der Waals surface area contributed by atoms with Crippen molar-refractivity contribution in [3.05, 3.63) is 35.9 Å². The molecule has 1 N–H and O–H groups in total. The van der Waals surface area contributed by atoms with E-state index in [4.69, 9.17) is 4.74 Å². The highest BCUT2D eigenvalue weighted by Crippen LogP contribution is 2.25. The van der Waals surface area contributed by atoms with Crippen LogP contribution in [0.4, 0.5) is 0 Å². The monoisotopic (exact) mass is 354 g/mol. The van der Waals surface area contributed by atoms with Gasteiger partial charge in [-0.15, -0.1) is 0 Å². The van der Waals surface area contributed by atoms with Crippen LogP contribution >= 0.6 is 0 Å². The number of nitrogens with zero attached hydrogens (tertiary/aromatic N) is 1. The lowest BCUT2D eigenvalue weighted by Crippen LogP contribution is -2.49. The lowest BCUT2D eigenvalue weighted by molar-refractivity contribution is -0.126. The van der Waals surface area contributed by atoms with E-state index in [1.165, 1.54) is 18.4 Å². The number of benzene rings is 1. The van der Waals surface area contributed by atoms with Crippen LogP contribution in [0.1, 0.15) is 19.4 Å². The second kappa shape index (κ2) is 7.21. The molecule has 1 fully saturated rings. The lowest BCUT2D eigenvalue weighted by Gasteiger charge is -2.28. The van der Waals surface area contributed by atoms with Crippen LogP contribution < -0.4 is 5.32 Å². The first-order chi connectivity index (χ1) is 11.1. The fraction of sp³-hybridized carbons (Fsp3) is 0.588. The summed E-state index contributed by atoms with van der Waals surface area (Å²) in [6.07, 6.45) is 0. The van der Waals surface area contributed by atoms with Crippen LogP contribution in [0.5, 0.6) is 0 Å². The van der Waals surface area contributed by atoms with Gasteiger partial charge in [0.2, 0.25) is 15.9 Å². The molecule has 1 aliphatic rings. The zero-order chi connectivity index (χ0) is 18.0. The molecule has 0 saturated carbocycles. The Hall–Kier alpha value is -1.44. The number of carbonyl (C=O) groups excluding carboxylic acids is 1. The van der Waals surface area contributed by atoms with Gasteiger partial charge in [0.15, 0.2) is 0 Å². The fourth-order valence-corrected chi connectivity index (χ4v) is 3.84. The molecule has 1 heterocycles. The Morgan fingerprint density at radius 3 is 2.46 bits per heavy atom. The molecule has 134 valence electrons. The van der Waals surface area contributed by atoms with E-state index in [9.17, 15) is 13.2 Å². The third-order valence-corrected chi connectivity index (χ3v) is 6.52. The number of rotatable bonds is 6. The van der Waals surface area contributed by atoms with Crippen molar-refractivity contribution < 1.29 is 17.9 Å². The van der Waals surface area contributed by atoms with Crippen molar-refractivity contribution in [1.82, 2.24) is 9.62 Å². The number of sulfonamides is 1. The van der Waals surface area contributed by atoms with Crippen LogP contribution in [0.2, 0.25) is 0 Å². The first-order valence-corrected chi connectivity index (χ1v) is 9.60. The van der Waals surface area contributed by atoms with Crippen molar-refractivity contribution in [3.63, 3.8) is 0 Å².